The van der Waals surface area contributed by atoms with Crippen molar-refractivity contribution in [1.29, 1.82) is 0 Å². The lowest BCUT2D eigenvalue weighted by atomic mass is 9.96. The molecule has 5 nitrogen and oxygen atoms in total. The molecule has 1 saturated heterocycles. The van der Waals surface area contributed by atoms with Gasteiger partial charge in [-0.15, -0.1) is 11.3 Å². The van der Waals surface area contributed by atoms with Gasteiger partial charge in [-0.25, -0.2) is 0 Å². The van der Waals surface area contributed by atoms with Gasteiger partial charge in [-0.3, -0.25) is 4.79 Å². The van der Waals surface area contributed by atoms with E-state index in [-0.39, 0.29) is 24.3 Å². The van der Waals surface area contributed by atoms with Gasteiger partial charge in [-0.05, 0) is 25.1 Å². The number of thiophene rings is 1. The average molecular weight is 347 g/mol. The van der Waals surface area contributed by atoms with E-state index >= 15 is 0 Å². The second-order valence-corrected chi connectivity index (χ2v) is 7.49. The number of ether oxygens (including phenoxy) is 1. The number of carbonyl (C=O) groups is 1. The van der Waals surface area contributed by atoms with Gasteiger partial charge in [0.15, 0.2) is 0 Å². The number of carbonyl (C=O) groups excluding carboxylic acids is 1. The zero-order valence-corrected chi connectivity index (χ0v) is 14.6. The Morgan fingerprint density at radius 3 is 2.82 bits per heavy atom. The predicted molar refractivity (Wildman–Crippen MR) is 88.7 cm³/mol. The fourth-order valence-corrected chi connectivity index (χ4v) is 3.85. The van der Waals surface area contributed by atoms with Crippen LogP contribution in [0.2, 0.25) is 4.34 Å². The van der Waals surface area contributed by atoms with Crippen LogP contribution in [0, 0.1) is 11.8 Å². The first-order valence-electron chi connectivity index (χ1n) is 7.38. The van der Waals surface area contributed by atoms with E-state index in [0.717, 1.165) is 13.1 Å². The van der Waals surface area contributed by atoms with E-state index in [1.807, 2.05) is 11.9 Å². The highest BCUT2D eigenvalue weighted by Crippen LogP contribution is 2.28. The molecule has 0 bridgehead atoms. The van der Waals surface area contributed by atoms with Crippen LogP contribution in [0.4, 0.5) is 0 Å². The van der Waals surface area contributed by atoms with E-state index in [9.17, 15) is 9.90 Å². The van der Waals surface area contributed by atoms with E-state index < -0.39 is 0 Å². The molecule has 2 rings (SSSR count). The molecule has 1 aliphatic rings. The van der Waals surface area contributed by atoms with Crippen LogP contribution in [0.1, 0.15) is 9.67 Å². The molecule has 0 saturated carbocycles. The number of likely N-dealkylation sites (N-methyl/N-ethyl adjacent to an activating group) is 1. The van der Waals surface area contributed by atoms with Crippen molar-refractivity contribution in [3.8, 4) is 0 Å². The number of nitrogens with zero attached hydrogens (tertiary/aromatic N) is 2. The predicted octanol–water partition coefficient (Wildman–Crippen LogP) is 1.66. The summed E-state index contributed by atoms with van der Waals surface area (Å²) in [5.74, 6) is 0.424. The van der Waals surface area contributed by atoms with E-state index in [2.05, 4.69) is 4.90 Å². The summed E-state index contributed by atoms with van der Waals surface area (Å²) in [6.07, 6.45) is 0. The third kappa shape index (κ3) is 4.43. The minimum absolute atomic E-state index is 0.0115. The Kier molecular flexibility index (Phi) is 6.65. The van der Waals surface area contributed by atoms with Crippen molar-refractivity contribution in [3.05, 3.63) is 21.3 Å². The Bertz CT molecular complexity index is 497. The van der Waals surface area contributed by atoms with Gasteiger partial charge < -0.3 is 19.6 Å². The highest BCUT2D eigenvalue weighted by Gasteiger charge is 2.35. The van der Waals surface area contributed by atoms with Gasteiger partial charge in [0.1, 0.15) is 0 Å². The van der Waals surface area contributed by atoms with Gasteiger partial charge in [0.2, 0.25) is 0 Å². The highest BCUT2D eigenvalue weighted by molar-refractivity contribution is 7.17. The van der Waals surface area contributed by atoms with Crippen LogP contribution in [-0.4, -0.2) is 74.4 Å². The zero-order chi connectivity index (χ0) is 16.1. The maximum atomic E-state index is 12.5. The maximum Gasteiger partial charge on any atom is 0.263 e. The minimum atomic E-state index is 0.0115. The number of halogens is 1. The second-order valence-electron chi connectivity index (χ2n) is 5.77. The van der Waals surface area contributed by atoms with Crippen LogP contribution in [0.3, 0.4) is 0 Å². The van der Waals surface area contributed by atoms with Crippen LogP contribution >= 0.6 is 22.9 Å². The summed E-state index contributed by atoms with van der Waals surface area (Å²) in [5, 5.41) is 9.60. The number of likely N-dealkylation sites (tertiary alicyclic amines) is 1. The molecule has 0 unspecified atom stereocenters. The summed E-state index contributed by atoms with van der Waals surface area (Å²) < 4.78 is 5.71. The van der Waals surface area contributed by atoms with Crippen molar-refractivity contribution in [2.24, 2.45) is 11.8 Å². The van der Waals surface area contributed by atoms with Crippen LogP contribution < -0.4 is 0 Å². The van der Waals surface area contributed by atoms with Crippen LogP contribution in [0.25, 0.3) is 0 Å². The van der Waals surface area contributed by atoms with Crippen molar-refractivity contribution in [2.45, 2.75) is 0 Å². The van der Waals surface area contributed by atoms with E-state index in [0.29, 0.717) is 28.9 Å². The number of rotatable bonds is 7. The summed E-state index contributed by atoms with van der Waals surface area (Å²) in [6, 6.07) is 3.51. The summed E-state index contributed by atoms with van der Waals surface area (Å²) in [7, 11) is 3.73. The lowest BCUT2D eigenvalue weighted by Crippen LogP contribution is -2.33. The van der Waals surface area contributed by atoms with Gasteiger partial charge in [0.25, 0.3) is 5.91 Å². The molecule has 2 heterocycles. The molecular formula is C15H23ClN2O3S. The SMILES string of the molecule is COCCN(C)C[C@@H]1CN(C(=O)c2ccc(Cl)s2)C[C@@H]1CO. The Balaban J connectivity index is 1.95. The van der Waals surface area contributed by atoms with Gasteiger partial charge in [-0.2, -0.15) is 0 Å². The molecule has 1 aromatic heterocycles. The molecular weight excluding hydrogens is 324 g/mol. The number of methoxy groups -OCH3 is 1. The van der Waals surface area contributed by atoms with E-state index in [1.165, 1.54) is 11.3 Å². The Morgan fingerprint density at radius 1 is 1.50 bits per heavy atom. The summed E-state index contributed by atoms with van der Waals surface area (Å²) in [4.78, 5) is 17.2. The molecule has 1 aromatic rings. The van der Waals surface area contributed by atoms with Crippen molar-refractivity contribution in [2.75, 3.05) is 53.6 Å². The van der Waals surface area contributed by atoms with E-state index in [1.54, 1.807) is 19.2 Å². The standard InChI is InChI=1S/C15H23ClN2O3S/c1-17(5-6-21-2)7-11-8-18(9-12(11)10-19)15(20)13-3-4-14(16)22-13/h3-4,11-12,19H,5-10H2,1-2H3/t11-,12-/m1/s1. The quantitative estimate of drug-likeness (QED) is 0.816. The Labute approximate surface area is 140 Å². The molecule has 1 N–H and O–H groups in total. The summed E-state index contributed by atoms with van der Waals surface area (Å²) >= 11 is 7.20. The molecule has 1 fully saturated rings. The number of aliphatic hydroxyl groups is 1. The lowest BCUT2D eigenvalue weighted by Gasteiger charge is -2.23. The first-order chi connectivity index (χ1) is 10.5. The van der Waals surface area contributed by atoms with Crippen LogP contribution in [-0.2, 0) is 4.74 Å². The lowest BCUT2D eigenvalue weighted by molar-refractivity contribution is 0.0783. The zero-order valence-electron chi connectivity index (χ0n) is 13.0. The number of hydrogen-bond donors (Lipinski definition) is 1. The monoisotopic (exact) mass is 346 g/mol. The highest BCUT2D eigenvalue weighted by atomic mass is 35.5. The molecule has 7 heteroatoms. The van der Waals surface area contributed by atoms with Crippen molar-refractivity contribution in [3.63, 3.8) is 0 Å². The largest absolute Gasteiger partial charge is 0.396 e. The molecule has 22 heavy (non-hydrogen) atoms. The molecule has 0 aliphatic carbocycles. The summed E-state index contributed by atoms with van der Waals surface area (Å²) in [5.41, 5.74) is 0. The van der Waals surface area contributed by atoms with Gasteiger partial charge >= 0.3 is 0 Å². The fraction of sp³-hybridized carbons (Fsp3) is 0.667. The molecule has 1 aliphatic heterocycles. The number of hydrogen-bond acceptors (Lipinski definition) is 5. The van der Waals surface area contributed by atoms with Crippen LogP contribution in [0.15, 0.2) is 12.1 Å². The average Bonchev–Trinajstić information content (AvgIpc) is 3.10. The van der Waals surface area contributed by atoms with Crippen LogP contribution in [0.5, 0.6) is 0 Å². The molecule has 2 atom stereocenters. The molecule has 0 radical (unpaired) electrons. The molecule has 0 aromatic carbocycles. The third-order valence-electron chi connectivity index (χ3n) is 4.11. The molecule has 0 spiro atoms. The van der Waals surface area contributed by atoms with Gasteiger partial charge in [0.05, 0.1) is 15.8 Å². The smallest absolute Gasteiger partial charge is 0.263 e. The normalized spacial score (nSPS) is 21.8. The topological polar surface area (TPSA) is 53.0 Å². The number of amides is 1. The van der Waals surface area contributed by atoms with Crippen molar-refractivity contribution >= 4 is 28.8 Å². The second kappa shape index (κ2) is 8.26. The third-order valence-corrected chi connectivity index (χ3v) is 5.32. The van der Waals surface area contributed by atoms with Crippen molar-refractivity contribution < 1.29 is 14.6 Å². The Hall–Kier alpha value is -0.660. The molecule has 124 valence electrons. The minimum Gasteiger partial charge on any atom is -0.396 e. The molecule has 1 amide bonds. The maximum absolute atomic E-state index is 12.5. The van der Waals surface area contributed by atoms with Crippen molar-refractivity contribution in [1.82, 2.24) is 9.80 Å². The Morgan fingerprint density at radius 2 is 2.23 bits per heavy atom. The first kappa shape index (κ1) is 17.7. The van der Waals surface area contributed by atoms with Gasteiger partial charge in [-0.1, -0.05) is 11.6 Å². The van der Waals surface area contributed by atoms with Gasteiger partial charge in [0, 0.05) is 45.8 Å². The fourth-order valence-electron chi connectivity index (χ4n) is 2.84. The first-order valence-corrected chi connectivity index (χ1v) is 8.57. The van der Waals surface area contributed by atoms with E-state index in [4.69, 9.17) is 16.3 Å². The number of aliphatic hydroxyl groups excluding tert-OH is 1. The summed E-state index contributed by atoms with van der Waals surface area (Å²) in [6.45, 7) is 3.77.